The SMILES string of the molecule is N#Cc1cnc(Oc2ccc3c(c2)CCC(c2cccc(F)c2)O3)s1. The first-order valence-electron chi connectivity index (χ1n) is 7.80. The van der Waals surface area contributed by atoms with E-state index in [0.29, 0.717) is 15.8 Å². The van der Waals surface area contributed by atoms with Gasteiger partial charge in [-0.05, 0) is 54.3 Å². The van der Waals surface area contributed by atoms with Crippen molar-refractivity contribution < 1.29 is 13.9 Å². The molecule has 4 rings (SSSR count). The molecule has 4 nitrogen and oxygen atoms in total. The smallest absolute Gasteiger partial charge is 0.279 e. The number of hydrogen-bond donors (Lipinski definition) is 0. The van der Waals surface area contributed by atoms with E-state index in [-0.39, 0.29) is 11.9 Å². The maximum Gasteiger partial charge on any atom is 0.279 e. The molecule has 1 atom stereocenters. The molecule has 2 heterocycles. The largest absolute Gasteiger partial charge is 0.485 e. The van der Waals surface area contributed by atoms with Crippen LogP contribution in [0.4, 0.5) is 4.39 Å². The third-order valence-electron chi connectivity index (χ3n) is 4.00. The molecule has 0 saturated heterocycles. The molecule has 1 unspecified atom stereocenters. The van der Waals surface area contributed by atoms with Crippen LogP contribution in [0.3, 0.4) is 0 Å². The van der Waals surface area contributed by atoms with Gasteiger partial charge in [-0.15, -0.1) is 0 Å². The van der Waals surface area contributed by atoms with Gasteiger partial charge in [-0.2, -0.15) is 5.26 Å². The van der Waals surface area contributed by atoms with Crippen LogP contribution in [-0.4, -0.2) is 4.98 Å². The Kier molecular flexibility index (Phi) is 4.08. The summed E-state index contributed by atoms with van der Waals surface area (Å²) in [6.45, 7) is 0. The summed E-state index contributed by atoms with van der Waals surface area (Å²) in [5.74, 6) is 1.19. The standard InChI is InChI=1S/C19H13FN2O2S/c20-14-3-1-2-12(8-14)17-6-4-13-9-15(5-7-18(13)24-17)23-19-22-11-16(10-21)25-19/h1-3,5,7-9,11,17H,4,6H2. The van der Waals surface area contributed by atoms with Crippen molar-refractivity contribution in [3.63, 3.8) is 0 Å². The third kappa shape index (κ3) is 3.32. The topological polar surface area (TPSA) is 55.1 Å². The minimum absolute atomic E-state index is 0.146. The lowest BCUT2D eigenvalue weighted by Crippen LogP contribution is -2.15. The third-order valence-corrected chi connectivity index (χ3v) is 4.78. The molecule has 1 aromatic heterocycles. The van der Waals surface area contributed by atoms with Crippen LogP contribution in [0.5, 0.6) is 16.7 Å². The van der Waals surface area contributed by atoms with Crippen LogP contribution < -0.4 is 9.47 Å². The predicted molar refractivity (Wildman–Crippen MR) is 91.4 cm³/mol. The Balaban J connectivity index is 1.52. The van der Waals surface area contributed by atoms with E-state index in [1.165, 1.54) is 29.7 Å². The highest BCUT2D eigenvalue weighted by atomic mass is 32.1. The van der Waals surface area contributed by atoms with E-state index >= 15 is 0 Å². The molecule has 0 fully saturated rings. The van der Waals surface area contributed by atoms with E-state index in [9.17, 15) is 4.39 Å². The lowest BCUT2D eigenvalue weighted by atomic mass is 9.97. The van der Waals surface area contributed by atoms with Crippen molar-refractivity contribution in [2.75, 3.05) is 0 Å². The van der Waals surface area contributed by atoms with Gasteiger partial charge in [-0.1, -0.05) is 23.5 Å². The van der Waals surface area contributed by atoms with Crippen molar-refractivity contribution in [2.24, 2.45) is 0 Å². The number of thiazole rings is 1. The predicted octanol–water partition coefficient (Wildman–Crippen LogP) is 5.01. The minimum Gasteiger partial charge on any atom is -0.485 e. The molecule has 1 aliphatic rings. The Bertz CT molecular complexity index is 964. The van der Waals surface area contributed by atoms with Crippen LogP contribution >= 0.6 is 11.3 Å². The average molecular weight is 352 g/mol. The number of ether oxygens (including phenoxy) is 2. The highest BCUT2D eigenvalue weighted by Gasteiger charge is 2.22. The second-order valence-electron chi connectivity index (χ2n) is 5.67. The van der Waals surface area contributed by atoms with Gasteiger partial charge in [0.15, 0.2) is 0 Å². The summed E-state index contributed by atoms with van der Waals surface area (Å²) in [6, 6.07) is 14.1. The van der Waals surface area contributed by atoms with Gasteiger partial charge in [-0.3, -0.25) is 0 Å². The highest BCUT2D eigenvalue weighted by molar-refractivity contribution is 7.13. The number of benzene rings is 2. The highest BCUT2D eigenvalue weighted by Crippen LogP contribution is 2.38. The lowest BCUT2D eigenvalue weighted by Gasteiger charge is -2.26. The fourth-order valence-corrected chi connectivity index (χ4v) is 3.41. The van der Waals surface area contributed by atoms with Gasteiger partial charge < -0.3 is 9.47 Å². The van der Waals surface area contributed by atoms with Crippen molar-refractivity contribution in [3.05, 3.63) is 70.5 Å². The van der Waals surface area contributed by atoms with Gasteiger partial charge in [0.2, 0.25) is 0 Å². The molecule has 0 amide bonds. The quantitative estimate of drug-likeness (QED) is 0.665. The number of rotatable bonds is 3. The van der Waals surface area contributed by atoms with Gasteiger partial charge in [0.05, 0.1) is 6.20 Å². The fraction of sp³-hybridized carbons (Fsp3) is 0.158. The zero-order chi connectivity index (χ0) is 17.2. The summed E-state index contributed by atoms with van der Waals surface area (Å²) < 4.78 is 25.1. The number of aromatic nitrogens is 1. The van der Waals surface area contributed by atoms with Crippen molar-refractivity contribution in [1.82, 2.24) is 4.98 Å². The number of aryl methyl sites for hydroxylation is 1. The maximum absolute atomic E-state index is 13.4. The molecule has 0 N–H and O–H groups in total. The van der Waals surface area contributed by atoms with Crippen molar-refractivity contribution in [2.45, 2.75) is 18.9 Å². The number of nitriles is 1. The molecule has 0 bridgehead atoms. The second kappa shape index (κ2) is 6.54. The molecular weight excluding hydrogens is 339 g/mol. The Labute approximate surface area is 148 Å². The van der Waals surface area contributed by atoms with Crippen LogP contribution in [-0.2, 0) is 6.42 Å². The van der Waals surface area contributed by atoms with Crippen LogP contribution in [0.2, 0.25) is 0 Å². The van der Waals surface area contributed by atoms with E-state index in [2.05, 4.69) is 4.98 Å². The van der Waals surface area contributed by atoms with E-state index < -0.39 is 0 Å². The van der Waals surface area contributed by atoms with E-state index in [0.717, 1.165) is 29.7 Å². The summed E-state index contributed by atoms with van der Waals surface area (Å²) in [4.78, 5) is 4.57. The van der Waals surface area contributed by atoms with Crippen molar-refractivity contribution in [3.8, 4) is 22.8 Å². The summed E-state index contributed by atoms with van der Waals surface area (Å²) in [5, 5.41) is 9.27. The van der Waals surface area contributed by atoms with Crippen LogP contribution in [0.15, 0.2) is 48.7 Å². The molecule has 1 aliphatic heterocycles. The number of nitrogens with zero attached hydrogens (tertiary/aromatic N) is 2. The first-order valence-corrected chi connectivity index (χ1v) is 8.62. The summed E-state index contributed by atoms with van der Waals surface area (Å²) in [5.41, 5.74) is 1.89. The molecule has 0 radical (unpaired) electrons. The van der Waals surface area contributed by atoms with E-state index in [1.54, 1.807) is 12.1 Å². The molecule has 124 valence electrons. The van der Waals surface area contributed by atoms with E-state index in [4.69, 9.17) is 14.7 Å². The minimum atomic E-state index is -0.254. The van der Waals surface area contributed by atoms with Crippen molar-refractivity contribution >= 4 is 11.3 Å². The first kappa shape index (κ1) is 15.6. The number of halogens is 1. The van der Waals surface area contributed by atoms with Crippen LogP contribution in [0.1, 0.15) is 28.5 Å². The first-order chi connectivity index (χ1) is 12.2. The molecular formula is C19H13FN2O2S. The Morgan fingerprint density at radius 1 is 1.28 bits per heavy atom. The molecule has 0 spiro atoms. The molecule has 0 saturated carbocycles. The Morgan fingerprint density at radius 2 is 2.20 bits per heavy atom. The van der Waals surface area contributed by atoms with E-state index in [1.807, 2.05) is 24.3 Å². The van der Waals surface area contributed by atoms with Crippen LogP contribution in [0.25, 0.3) is 0 Å². The molecule has 25 heavy (non-hydrogen) atoms. The molecule has 6 heteroatoms. The van der Waals surface area contributed by atoms with Gasteiger partial charge in [0, 0.05) is 0 Å². The fourth-order valence-electron chi connectivity index (χ4n) is 2.83. The molecule has 0 aliphatic carbocycles. The number of fused-ring (bicyclic) bond motifs is 1. The average Bonchev–Trinajstić information content (AvgIpc) is 3.09. The summed E-state index contributed by atoms with van der Waals surface area (Å²) in [6.07, 6.45) is 2.93. The van der Waals surface area contributed by atoms with Gasteiger partial charge >= 0.3 is 0 Å². The van der Waals surface area contributed by atoms with Gasteiger partial charge in [0.1, 0.15) is 34.4 Å². The zero-order valence-electron chi connectivity index (χ0n) is 13.1. The molecule has 3 aromatic rings. The van der Waals surface area contributed by atoms with Gasteiger partial charge in [-0.25, -0.2) is 9.37 Å². The number of hydrogen-bond acceptors (Lipinski definition) is 5. The zero-order valence-corrected chi connectivity index (χ0v) is 13.9. The normalized spacial score (nSPS) is 15.8. The monoisotopic (exact) mass is 352 g/mol. The maximum atomic E-state index is 13.4. The summed E-state index contributed by atoms with van der Waals surface area (Å²) in [7, 11) is 0. The second-order valence-corrected chi connectivity index (χ2v) is 6.67. The van der Waals surface area contributed by atoms with Crippen molar-refractivity contribution in [1.29, 1.82) is 5.26 Å². The molecule has 2 aromatic carbocycles. The Hall–Kier alpha value is -2.91. The summed E-state index contributed by atoms with van der Waals surface area (Å²) >= 11 is 1.20. The Morgan fingerprint density at radius 3 is 3.00 bits per heavy atom. The van der Waals surface area contributed by atoms with Gasteiger partial charge in [0.25, 0.3) is 5.19 Å². The lowest BCUT2D eigenvalue weighted by molar-refractivity contribution is 0.176. The van der Waals surface area contributed by atoms with Crippen LogP contribution in [0, 0.1) is 17.1 Å².